The molecule has 0 radical (unpaired) electrons. The average molecular weight is 163 g/mol. The van der Waals surface area contributed by atoms with Gasteiger partial charge in [-0.05, 0) is 19.1 Å². The molecule has 0 unspecified atom stereocenters. The van der Waals surface area contributed by atoms with E-state index in [0.717, 1.165) is 0 Å². The van der Waals surface area contributed by atoms with E-state index in [2.05, 4.69) is 17.2 Å². The summed E-state index contributed by atoms with van der Waals surface area (Å²) in [6.45, 7) is 2.08. The Bertz CT molecular complexity index is 303. The molecule has 3 heteroatoms. The summed E-state index contributed by atoms with van der Waals surface area (Å²) in [6.07, 6.45) is 1.46. The molecule has 62 valence electrons. The second-order valence-corrected chi connectivity index (χ2v) is 2.09. The van der Waals surface area contributed by atoms with Crippen LogP contribution < -0.4 is 5.32 Å². The van der Waals surface area contributed by atoms with Crippen molar-refractivity contribution in [1.29, 1.82) is 0 Å². The molecule has 0 aliphatic heterocycles. The third-order valence-electron chi connectivity index (χ3n) is 1.26. The van der Waals surface area contributed by atoms with E-state index in [9.17, 15) is 4.79 Å². The Kier molecular flexibility index (Phi) is 2.97. The molecule has 1 aromatic heterocycles. The van der Waals surface area contributed by atoms with Gasteiger partial charge in [-0.25, -0.2) is 0 Å². The highest BCUT2D eigenvalue weighted by Crippen LogP contribution is 1.98. The highest BCUT2D eigenvalue weighted by Gasteiger charge is 2.05. The van der Waals surface area contributed by atoms with Gasteiger partial charge >= 0.3 is 0 Å². The molecule has 0 aromatic carbocycles. The number of nitrogens with one attached hydrogen (secondary N) is 1. The minimum atomic E-state index is -0.234. The molecule has 0 fully saturated rings. The molecule has 3 nitrogen and oxygen atoms in total. The minimum Gasteiger partial charge on any atom is -0.459 e. The zero-order chi connectivity index (χ0) is 8.81. The number of furan rings is 1. The quantitative estimate of drug-likeness (QED) is 0.662. The predicted molar refractivity (Wildman–Crippen MR) is 44.5 cm³/mol. The Morgan fingerprint density at radius 2 is 2.58 bits per heavy atom. The van der Waals surface area contributed by atoms with Gasteiger partial charge in [0.25, 0.3) is 5.91 Å². The van der Waals surface area contributed by atoms with Crippen molar-refractivity contribution in [3.05, 3.63) is 24.2 Å². The van der Waals surface area contributed by atoms with Crippen molar-refractivity contribution in [3.63, 3.8) is 0 Å². The third kappa shape index (κ3) is 2.17. The number of carbonyl (C=O) groups is 1. The van der Waals surface area contributed by atoms with E-state index < -0.39 is 0 Å². The summed E-state index contributed by atoms with van der Waals surface area (Å²) in [4.78, 5) is 11.1. The minimum absolute atomic E-state index is 0.234. The first-order valence-electron chi connectivity index (χ1n) is 3.56. The van der Waals surface area contributed by atoms with Crippen LogP contribution in [0.15, 0.2) is 22.8 Å². The van der Waals surface area contributed by atoms with E-state index in [1.54, 1.807) is 19.1 Å². The number of amides is 1. The normalized spacial score (nSPS) is 8.42. The zero-order valence-corrected chi connectivity index (χ0v) is 6.76. The molecular weight excluding hydrogens is 154 g/mol. The van der Waals surface area contributed by atoms with E-state index in [0.29, 0.717) is 12.3 Å². The molecule has 0 saturated heterocycles. The zero-order valence-electron chi connectivity index (χ0n) is 6.76. The number of hydrogen-bond donors (Lipinski definition) is 1. The van der Waals surface area contributed by atoms with Crippen LogP contribution in [0.25, 0.3) is 0 Å². The van der Waals surface area contributed by atoms with E-state index in [-0.39, 0.29) is 5.91 Å². The summed E-state index contributed by atoms with van der Waals surface area (Å²) in [5, 5.41) is 2.58. The van der Waals surface area contributed by atoms with Gasteiger partial charge in [-0.2, -0.15) is 0 Å². The van der Waals surface area contributed by atoms with Gasteiger partial charge in [0.2, 0.25) is 0 Å². The van der Waals surface area contributed by atoms with Crippen LogP contribution in [-0.4, -0.2) is 12.5 Å². The molecule has 1 rings (SSSR count). The van der Waals surface area contributed by atoms with Gasteiger partial charge in [0.05, 0.1) is 12.8 Å². The fourth-order valence-corrected chi connectivity index (χ4v) is 0.708. The fraction of sp³-hybridized carbons (Fsp3) is 0.222. The van der Waals surface area contributed by atoms with Crippen LogP contribution in [0, 0.1) is 11.8 Å². The molecule has 12 heavy (non-hydrogen) atoms. The summed E-state index contributed by atoms with van der Waals surface area (Å²) in [5.41, 5.74) is 0. The summed E-state index contributed by atoms with van der Waals surface area (Å²) in [7, 11) is 0. The van der Waals surface area contributed by atoms with Crippen LogP contribution in [-0.2, 0) is 0 Å². The molecule has 1 N–H and O–H groups in total. The smallest absolute Gasteiger partial charge is 0.287 e. The molecule has 0 aliphatic rings. The van der Waals surface area contributed by atoms with Crippen molar-refractivity contribution < 1.29 is 9.21 Å². The molecule has 1 amide bonds. The summed E-state index contributed by atoms with van der Waals surface area (Å²) in [5.74, 6) is 5.47. The maximum atomic E-state index is 11.1. The highest BCUT2D eigenvalue weighted by molar-refractivity contribution is 5.91. The van der Waals surface area contributed by atoms with Crippen LogP contribution in [0.2, 0.25) is 0 Å². The Labute approximate surface area is 70.8 Å². The summed E-state index contributed by atoms with van der Waals surface area (Å²) in [6, 6.07) is 3.27. The van der Waals surface area contributed by atoms with Crippen LogP contribution >= 0.6 is 0 Å². The predicted octanol–water partition coefficient (Wildman–Crippen LogP) is 1.03. The molecule has 0 bridgehead atoms. The first-order chi connectivity index (χ1) is 5.84. The lowest BCUT2D eigenvalue weighted by Crippen LogP contribution is -2.22. The van der Waals surface area contributed by atoms with E-state index in [1.165, 1.54) is 6.26 Å². The van der Waals surface area contributed by atoms with Gasteiger partial charge in [-0.15, -0.1) is 5.92 Å². The molecule has 1 heterocycles. The number of carbonyl (C=O) groups excluding carboxylic acids is 1. The molecule has 0 spiro atoms. The fourth-order valence-electron chi connectivity index (χ4n) is 0.708. The SMILES string of the molecule is CC#CCNC(=O)c1ccco1. The molecule has 1 aromatic rings. The van der Waals surface area contributed by atoms with Gasteiger partial charge in [-0.3, -0.25) is 4.79 Å². The lowest BCUT2D eigenvalue weighted by Gasteiger charge is -1.95. The van der Waals surface area contributed by atoms with Crippen molar-refractivity contribution in [3.8, 4) is 11.8 Å². The lowest BCUT2D eigenvalue weighted by atomic mass is 10.4. The number of rotatable bonds is 2. The van der Waals surface area contributed by atoms with Crippen molar-refractivity contribution in [1.82, 2.24) is 5.32 Å². The average Bonchev–Trinajstić information content (AvgIpc) is 2.56. The Morgan fingerprint density at radius 3 is 3.17 bits per heavy atom. The third-order valence-corrected chi connectivity index (χ3v) is 1.26. The molecular formula is C9H9NO2. The first kappa shape index (κ1) is 8.41. The Balaban J connectivity index is 2.43. The lowest BCUT2D eigenvalue weighted by molar-refractivity contribution is 0.0931. The van der Waals surface area contributed by atoms with Gasteiger partial charge in [-0.1, -0.05) is 5.92 Å². The van der Waals surface area contributed by atoms with Crippen LogP contribution in [0.3, 0.4) is 0 Å². The second kappa shape index (κ2) is 4.24. The molecule has 0 atom stereocenters. The maximum Gasteiger partial charge on any atom is 0.287 e. The van der Waals surface area contributed by atoms with Crippen LogP contribution in [0.1, 0.15) is 17.5 Å². The second-order valence-electron chi connectivity index (χ2n) is 2.09. The van der Waals surface area contributed by atoms with Gasteiger partial charge < -0.3 is 9.73 Å². The Hall–Kier alpha value is -1.69. The highest BCUT2D eigenvalue weighted by atomic mass is 16.3. The maximum absolute atomic E-state index is 11.1. The monoisotopic (exact) mass is 163 g/mol. The first-order valence-corrected chi connectivity index (χ1v) is 3.56. The Morgan fingerprint density at radius 1 is 1.75 bits per heavy atom. The van der Waals surface area contributed by atoms with Crippen molar-refractivity contribution >= 4 is 5.91 Å². The van der Waals surface area contributed by atoms with Crippen molar-refractivity contribution in [2.24, 2.45) is 0 Å². The summed E-state index contributed by atoms with van der Waals surface area (Å²) < 4.78 is 4.87. The largest absolute Gasteiger partial charge is 0.459 e. The van der Waals surface area contributed by atoms with Crippen molar-refractivity contribution in [2.45, 2.75) is 6.92 Å². The van der Waals surface area contributed by atoms with Crippen LogP contribution in [0.4, 0.5) is 0 Å². The van der Waals surface area contributed by atoms with Gasteiger partial charge in [0, 0.05) is 0 Å². The molecule has 0 aliphatic carbocycles. The van der Waals surface area contributed by atoms with Crippen molar-refractivity contribution in [2.75, 3.05) is 6.54 Å². The molecule has 0 saturated carbocycles. The van der Waals surface area contributed by atoms with Gasteiger partial charge in [0.1, 0.15) is 0 Å². The van der Waals surface area contributed by atoms with E-state index in [4.69, 9.17) is 4.42 Å². The number of hydrogen-bond acceptors (Lipinski definition) is 2. The van der Waals surface area contributed by atoms with Crippen LogP contribution in [0.5, 0.6) is 0 Å². The van der Waals surface area contributed by atoms with E-state index in [1.807, 2.05) is 0 Å². The van der Waals surface area contributed by atoms with Gasteiger partial charge in [0.15, 0.2) is 5.76 Å². The van der Waals surface area contributed by atoms with E-state index >= 15 is 0 Å². The summed E-state index contributed by atoms with van der Waals surface area (Å²) >= 11 is 0. The topological polar surface area (TPSA) is 42.2 Å². The standard InChI is InChI=1S/C9H9NO2/c1-2-3-6-10-9(11)8-5-4-7-12-8/h4-5,7H,6H2,1H3,(H,10,11).